The van der Waals surface area contributed by atoms with E-state index in [0.717, 1.165) is 12.7 Å². The van der Waals surface area contributed by atoms with Crippen molar-refractivity contribution >= 4 is 23.3 Å². The standard InChI is InChI=1S/C4H8O.2ClH.Zr/c1-2-3-4-5;;;/h4H,2-3H2,1H3;2*1H;/q;;;+2/p-2. The summed E-state index contributed by atoms with van der Waals surface area (Å²) in [6, 6.07) is 0. The van der Waals surface area contributed by atoms with Crippen LogP contribution in [0.15, 0.2) is 0 Å². The van der Waals surface area contributed by atoms with Crippen molar-refractivity contribution < 1.29 is 25.6 Å². The van der Waals surface area contributed by atoms with Gasteiger partial charge in [-0.1, -0.05) is 6.92 Å². The van der Waals surface area contributed by atoms with Gasteiger partial charge in [0.05, 0.1) is 0 Å². The van der Waals surface area contributed by atoms with Crippen LogP contribution >= 0.6 is 17.0 Å². The van der Waals surface area contributed by atoms with E-state index in [1.54, 1.807) is 0 Å². The zero-order valence-corrected chi connectivity index (χ0v) is 8.63. The number of hydrogen-bond donors (Lipinski definition) is 0. The molecule has 8 heavy (non-hydrogen) atoms. The maximum atomic E-state index is 9.40. The molecule has 0 atom stereocenters. The summed E-state index contributed by atoms with van der Waals surface area (Å²) in [5.41, 5.74) is 0. The molecule has 0 aliphatic rings. The summed E-state index contributed by atoms with van der Waals surface area (Å²) < 4.78 is 0. The fourth-order valence-electron chi connectivity index (χ4n) is 0.118. The number of hydrogen-bond acceptors (Lipinski definition) is 1. The summed E-state index contributed by atoms with van der Waals surface area (Å²) in [6.45, 7) is 1.98. The zero-order valence-electron chi connectivity index (χ0n) is 4.66. The van der Waals surface area contributed by atoms with Crippen molar-refractivity contribution in [2.45, 2.75) is 19.8 Å². The average Bonchev–Trinajstić information content (AvgIpc) is 1.71. The van der Waals surface area contributed by atoms with Crippen LogP contribution in [0.2, 0.25) is 0 Å². The summed E-state index contributed by atoms with van der Waals surface area (Å²) in [7, 11) is 9.87. The molecular formula is C4H8Cl2OZr. The number of rotatable bonds is 2. The first-order valence-electron chi connectivity index (χ1n) is 2.23. The molecule has 0 saturated carbocycles. The van der Waals surface area contributed by atoms with Gasteiger partial charge < -0.3 is 4.79 Å². The van der Waals surface area contributed by atoms with E-state index in [0.29, 0.717) is 6.42 Å². The van der Waals surface area contributed by atoms with Crippen molar-refractivity contribution in [3.8, 4) is 0 Å². The van der Waals surface area contributed by atoms with Crippen LogP contribution in [0, 0.1) is 0 Å². The van der Waals surface area contributed by atoms with Crippen LogP contribution < -0.4 is 0 Å². The summed E-state index contributed by atoms with van der Waals surface area (Å²) >= 11 is -0.826. The molecule has 0 aliphatic carbocycles. The number of carbonyl (C=O) groups excluding carboxylic acids is 1. The van der Waals surface area contributed by atoms with Crippen molar-refractivity contribution in [2.75, 3.05) is 0 Å². The Hall–Kier alpha value is 1.13. The van der Waals surface area contributed by atoms with E-state index >= 15 is 0 Å². The minimum absolute atomic E-state index is 0.708. The first-order chi connectivity index (χ1) is 3.83. The zero-order chi connectivity index (χ0) is 6.83. The summed E-state index contributed by atoms with van der Waals surface area (Å²) in [5.74, 6) is 0. The molecular weight excluding hydrogens is 226 g/mol. The second-order valence-electron chi connectivity index (χ2n) is 1.03. The third kappa shape index (κ3) is 27.3. The van der Waals surface area contributed by atoms with Gasteiger partial charge >= 0.3 is 37.9 Å². The first kappa shape index (κ1) is 11.9. The molecule has 0 heterocycles. The van der Waals surface area contributed by atoms with Gasteiger partial charge in [-0.2, -0.15) is 0 Å². The number of unbranched alkanes of at least 4 members (excludes halogenated alkanes) is 1. The molecule has 0 bridgehead atoms. The topological polar surface area (TPSA) is 17.1 Å². The summed E-state index contributed by atoms with van der Waals surface area (Å²) in [4.78, 5) is 9.40. The molecule has 0 aromatic rings. The van der Waals surface area contributed by atoms with Crippen LogP contribution in [0.5, 0.6) is 0 Å². The van der Waals surface area contributed by atoms with Crippen molar-refractivity contribution in [1.82, 2.24) is 0 Å². The van der Waals surface area contributed by atoms with Gasteiger partial charge in [-0.25, -0.2) is 0 Å². The van der Waals surface area contributed by atoms with E-state index in [4.69, 9.17) is 17.0 Å². The Bertz CT molecular complexity index is 43.0. The van der Waals surface area contributed by atoms with Gasteiger partial charge in [0.15, 0.2) is 0 Å². The predicted molar refractivity (Wildman–Crippen MR) is 32.7 cm³/mol. The monoisotopic (exact) mass is 232 g/mol. The van der Waals surface area contributed by atoms with Gasteiger partial charge in [0, 0.05) is 6.42 Å². The molecule has 0 N–H and O–H groups in total. The second kappa shape index (κ2) is 15.7. The van der Waals surface area contributed by atoms with Crippen molar-refractivity contribution in [3.63, 3.8) is 0 Å². The molecule has 0 rings (SSSR count). The SMILES string of the molecule is CCCC=O.[Cl][Zr][Cl]. The summed E-state index contributed by atoms with van der Waals surface area (Å²) in [5, 5.41) is 0. The van der Waals surface area contributed by atoms with Crippen LogP contribution in [-0.4, -0.2) is 6.29 Å². The number of carbonyl (C=O) groups is 1. The van der Waals surface area contributed by atoms with Crippen LogP contribution in [-0.2, 0) is 25.6 Å². The van der Waals surface area contributed by atoms with Crippen LogP contribution in [0.25, 0.3) is 0 Å². The average molecular weight is 234 g/mol. The number of aldehydes is 1. The molecule has 0 aromatic carbocycles. The third-order valence-corrected chi connectivity index (χ3v) is 0.407. The van der Waals surface area contributed by atoms with Crippen LogP contribution in [0.3, 0.4) is 0 Å². The van der Waals surface area contributed by atoms with Gasteiger partial charge in [-0.15, -0.1) is 0 Å². The Kier molecular flexibility index (Phi) is 23.3. The molecule has 0 amide bonds. The predicted octanol–water partition coefficient (Wildman–Crippen LogP) is 2.36. The first-order valence-corrected chi connectivity index (χ1v) is 8.56. The molecule has 0 fully saturated rings. The molecule has 1 nitrogen and oxygen atoms in total. The third-order valence-electron chi connectivity index (χ3n) is 0.407. The molecule has 48 valence electrons. The Balaban J connectivity index is 0. The molecule has 4 heteroatoms. The second-order valence-corrected chi connectivity index (χ2v) is 4.76. The molecule has 0 spiro atoms. The molecule has 0 aromatic heterocycles. The molecule has 0 saturated heterocycles. The Morgan fingerprint density at radius 3 is 2.00 bits per heavy atom. The fourth-order valence-corrected chi connectivity index (χ4v) is 0.118. The van der Waals surface area contributed by atoms with E-state index < -0.39 is 20.8 Å². The Labute approximate surface area is 68.4 Å². The van der Waals surface area contributed by atoms with Gasteiger partial charge in [0.2, 0.25) is 0 Å². The van der Waals surface area contributed by atoms with Gasteiger partial charge in [-0.3, -0.25) is 0 Å². The van der Waals surface area contributed by atoms with Crippen LogP contribution in [0.1, 0.15) is 19.8 Å². The van der Waals surface area contributed by atoms with Crippen molar-refractivity contribution in [2.24, 2.45) is 0 Å². The molecule has 0 radical (unpaired) electrons. The minimum atomic E-state index is -0.826. The van der Waals surface area contributed by atoms with Crippen molar-refractivity contribution in [1.29, 1.82) is 0 Å². The van der Waals surface area contributed by atoms with Gasteiger partial charge in [0.1, 0.15) is 6.29 Å². The molecule has 0 unspecified atom stereocenters. The fraction of sp³-hybridized carbons (Fsp3) is 0.750. The van der Waals surface area contributed by atoms with E-state index in [1.807, 2.05) is 6.92 Å². The van der Waals surface area contributed by atoms with Crippen LogP contribution in [0.4, 0.5) is 0 Å². The van der Waals surface area contributed by atoms with E-state index in [2.05, 4.69) is 0 Å². The normalized spacial score (nSPS) is 6.38. The van der Waals surface area contributed by atoms with Crippen molar-refractivity contribution in [3.05, 3.63) is 0 Å². The maximum absolute atomic E-state index is 9.40. The van der Waals surface area contributed by atoms with E-state index in [9.17, 15) is 4.79 Å². The van der Waals surface area contributed by atoms with Gasteiger partial charge in [0.25, 0.3) is 0 Å². The van der Waals surface area contributed by atoms with E-state index in [-0.39, 0.29) is 0 Å². The number of halogens is 2. The van der Waals surface area contributed by atoms with E-state index in [1.165, 1.54) is 0 Å². The summed E-state index contributed by atoms with van der Waals surface area (Å²) in [6.07, 6.45) is 2.61. The Morgan fingerprint density at radius 2 is 2.00 bits per heavy atom. The van der Waals surface area contributed by atoms with Gasteiger partial charge in [-0.05, 0) is 6.42 Å². The molecule has 0 aliphatic heterocycles. The Morgan fingerprint density at radius 1 is 1.62 bits per heavy atom. The quantitative estimate of drug-likeness (QED) is 0.670.